The Bertz CT molecular complexity index is 237. The van der Waals surface area contributed by atoms with E-state index in [2.05, 4.69) is 22.5 Å². The fourth-order valence-corrected chi connectivity index (χ4v) is 1.05. The SMILES string of the molecule is C=C(CBr)c1occc1C. The molecule has 1 aromatic rings. The smallest absolute Gasteiger partial charge is 0.132 e. The van der Waals surface area contributed by atoms with Crippen LogP contribution in [0.5, 0.6) is 0 Å². The van der Waals surface area contributed by atoms with E-state index in [0.29, 0.717) is 0 Å². The van der Waals surface area contributed by atoms with Gasteiger partial charge >= 0.3 is 0 Å². The van der Waals surface area contributed by atoms with Crippen LogP contribution in [0.25, 0.3) is 5.57 Å². The molecule has 0 amide bonds. The van der Waals surface area contributed by atoms with Crippen molar-refractivity contribution in [2.45, 2.75) is 6.92 Å². The zero-order valence-corrected chi connectivity index (χ0v) is 7.44. The number of halogens is 1. The molecule has 54 valence electrons. The van der Waals surface area contributed by atoms with Crippen molar-refractivity contribution in [3.8, 4) is 0 Å². The second-order valence-corrected chi connectivity index (χ2v) is 2.73. The molecule has 1 aromatic heterocycles. The molecule has 0 aliphatic carbocycles. The molecular weight excluding hydrogens is 192 g/mol. The lowest BCUT2D eigenvalue weighted by Crippen LogP contribution is -1.81. The van der Waals surface area contributed by atoms with Gasteiger partial charge in [-0.2, -0.15) is 0 Å². The largest absolute Gasteiger partial charge is 0.464 e. The van der Waals surface area contributed by atoms with E-state index in [1.807, 2.05) is 13.0 Å². The van der Waals surface area contributed by atoms with Gasteiger partial charge in [-0.25, -0.2) is 0 Å². The van der Waals surface area contributed by atoms with Crippen LogP contribution in [0.1, 0.15) is 11.3 Å². The van der Waals surface area contributed by atoms with Crippen LogP contribution in [0.15, 0.2) is 23.3 Å². The first-order valence-electron chi connectivity index (χ1n) is 3.04. The molecule has 0 bridgehead atoms. The van der Waals surface area contributed by atoms with Crippen LogP contribution < -0.4 is 0 Å². The van der Waals surface area contributed by atoms with Crippen LogP contribution in [0.2, 0.25) is 0 Å². The predicted molar refractivity (Wildman–Crippen MR) is 46.3 cm³/mol. The summed E-state index contributed by atoms with van der Waals surface area (Å²) in [6.07, 6.45) is 1.68. The van der Waals surface area contributed by atoms with Crippen LogP contribution >= 0.6 is 15.9 Å². The van der Waals surface area contributed by atoms with Crippen molar-refractivity contribution < 1.29 is 4.42 Å². The normalized spacial score (nSPS) is 9.80. The Labute approximate surface area is 68.9 Å². The summed E-state index contributed by atoms with van der Waals surface area (Å²) in [7, 11) is 0. The molecule has 0 fully saturated rings. The fourth-order valence-electron chi connectivity index (χ4n) is 0.796. The van der Waals surface area contributed by atoms with E-state index in [1.54, 1.807) is 6.26 Å². The Balaban J connectivity index is 2.93. The van der Waals surface area contributed by atoms with Gasteiger partial charge < -0.3 is 4.42 Å². The minimum Gasteiger partial charge on any atom is -0.464 e. The number of allylic oxidation sites excluding steroid dienone is 1. The van der Waals surface area contributed by atoms with Gasteiger partial charge in [0, 0.05) is 5.33 Å². The third kappa shape index (κ3) is 1.32. The molecule has 0 saturated heterocycles. The van der Waals surface area contributed by atoms with Gasteiger partial charge in [0.15, 0.2) is 0 Å². The average molecular weight is 201 g/mol. The molecule has 0 aliphatic heterocycles. The van der Waals surface area contributed by atoms with E-state index in [0.717, 1.165) is 22.2 Å². The van der Waals surface area contributed by atoms with Crippen LogP contribution in [0.4, 0.5) is 0 Å². The molecule has 0 aromatic carbocycles. The summed E-state index contributed by atoms with van der Waals surface area (Å²) in [5, 5.41) is 0.765. The molecule has 2 heteroatoms. The molecule has 0 aliphatic rings. The molecule has 1 rings (SSSR count). The highest BCUT2D eigenvalue weighted by Gasteiger charge is 2.03. The van der Waals surface area contributed by atoms with Gasteiger partial charge in [0.1, 0.15) is 5.76 Å². The molecule has 0 atom stereocenters. The number of aryl methyl sites for hydroxylation is 1. The Morgan fingerprint density at radius 3 is 2.90 bits per heavy atom. The zero-order valence-electron chi connectivity index (χ0n) is 5.86. The van der Waals surface area contributed by atoms with E-state index in [-0.39, 0.29) is 0 Å². The lowest BCUT2D eigenvalue weighted by molar-refractivity contribution is 0.551. The van der Waals surface area contributed by atoms with Gasteiger partial charge in [0.25, 0.3) is 0 Å². The molecule has 0 unspecified atom stereocenters. The number of hydrogen-bond acceptors (Lipinski definition) is 1. The highest BCUT2D eigenvalue weighted by atomic mass is 79.9. The third-order valence-electron chi connectivity index (χ3n) is 1.34. The van der Waals surface area contributed by atoms with Crippen molar-refractivity contribution in [1.29, 1.82) is 0 Å². The van der Waals surface area contributed by atoms with Gasteiger partial charge in [-0.1, -0.05) is 22.5 Å². The maximum Gasteiger partial charge on any atom is 0.132 e. The monoisotopic (exact) mass is 200 g/mol. The highest BCUT2D eigenvalue weighted by Crippen LogP contribution is 2.19. The van der Waals surface area contributed by atoms with Crippen LogP contribution in [-0.4, -0.2) is 5.33 Å². The fraction of sp³-hybridized carbons (Fsp3) is 0.250. The maximum atomic E-state index is 5.19. The van der Waals surface area contributed by atoms with E-state index in [4.69, 9.17) is 4.42 Å². The third-order valence-corrected chi connectivity index (χ3v) is 2.02. The van der Waals surface area contributed by atoms with Gasteiger partial charge in [0.2, 0.25) is 0 Å². The van der Waals surface area contributed by atoms with Gasteiger partial charge in [0.05, 0.1) is 6.26 Å². The van der Waals surface area contributed by atoms with E-state index in [1.165, 1.54) is 0 Å². The number of alkyl halides is 1. The maximum absolute atomic E-state index is 5.19. The van der Waals surface area contributed by atoms with E-state index < -0.39 is 0 Å². The lowest BCUT2D eigenvalue weighted by Gasteiger charge is -1.96. The van der Waals surface area contributed by atoms with Crippen LogP contribution in [-0.2, 0) is 0 Å². The molecule has 0 saturated carbocycles. The van der Waals surface area contributed by atoms with Crippen LogP contribution in [0.3, 0.4) is 0 Å². The van der Waals surface area contributed by atoms with Crippen molar-refractivity contribution in [2.24, 2.45) is 0 Å². The van der Waals surface area contributed by atoms with Crippen molar-refractivity contribution in [3.05, 3.63) is 30.2 Å². The second kappa shape index (κ2) is 3.06. The first kappa shape index (κ1) is 7.61. The molecule has 0 N–H and O–H groups in total. The zero-order chi connectivity index (χ0) is 7.56. The number of hydrogen-bond donors (Lipinski definition) is 0. The summed E-state index contributed by atoms with van der Waals surface area (Å²) in [6.45, 7) is 5.84. The Morgan fingerprint density at radius 2 is 2.50 bits per heavy atom. The first-order valence-corrected chi connectivity index (χ1v) is 4.16. The van der Waals surface area contributed by atoms with E-state index in [9.17, 15) is 0 Å². The Morgan fingerprint density at radius 1 is 1.80 bits per heavy atom. The van der Waals surface area contributed by atoms with Crippen molar-refractivity contribution >= 4 is 21.5 Å². The predicted octanol–water partition coefficient (Wildman–Crippen LogP) is 3.00. The minimum absolute atomic E-state index is 0.765. The van der Waals surface area contributed by atoms with E-state index >= 15 is 0 Å². The summed E-state index contributed by atoms with van der Waals surface area (Å²) < 4.78 is 5.19. The second-order valence-electron chi connectivity index (χ2n) is 2.17. The van der Waals surface area contributed by atoms with Crippen LogP contribution in [0, 0.1) is 6.92 Å². The lowest BCUT2D eigenvalue weighted by atomic mass is 10.2. The summed E-state index contributed by atoms with van der Waals surface area (Å²) >= 11 is 3.31. The molecule has 1 heterocycles. The number of furan rings is 1. The summed E-state index contributed by atoms with van der Waals surface area (Å²) in [4.78, 5) is 0. The van der Waals surface area contributed by atoms with Crippen molar-refractivity contribution in [3.63, 3.8) is 0 Å². The topological polar surface area (TPSA) is 13.1 Å². The minimum atomic E-state index is 0.765. The summed E-state index contributed by atoms with van der Waals surface area (Å²) in [5.41, 5.74) is 2.13. The van der Waals surface area contributed by atoms with Gasteiger partial charge in [-0.15, -0.1) is 0 Å². The highest BCUT2D eigenvalue weighted by molar-refractivity contribution is 9.09. The number of rotatable bonds is 2. The van der Waals surface area contributed by atoms with Gasteiger partial charge in [-0.05, 0) is 24.1 Å². The summed E-state index contributed by atoms with van der Waals surface area (Å²) in [5.74, 6) is 0.900. The van der Waals surface area contributed by atoms with Crippen molar-refractivity contribution in [1.82, 2.24) is 0 Å². The average Bonchev–Trinajstić information content (AvgIpc) is 2.34. The molecular formula is C8H9BrO. The first-order chi connectivity index (χ1) is 4.75. The Hall–Kier alpha value is -0.500. The quantitative estimate of drug-likeness (QED) is 0.670. The molecule has 0 spiro atoms. The standard InChI is InChI=1S/C8H9BrO/c1-6-3-4-10-8(6)7(2)5-9/h3-4H,2,5H2,1H3. The molecule has 1 nitrogen and oxygen atoms in total. The Kier molecular flexibility index (Phi) is 2.33. The molecule has 10 heavy (non-hydrogen) atoms. The van der Waals surface area contributed by atoms with Gasteiger partial charge in [-0.3, -0.25) is 0 Å². The summed E-state index contributed by atoms with van der Waals surface area (Å²) in [6, 6.07) is 1.93. The van der Waals surface area contributed by atoms with Crippen molar-refractivity contribution in [2.75, 3.05) is 5.33 Å². The molecule has 0 radical (unpaired) electrons.